The molecule has 2 N–H and O–H groups in total. The molecule has 0 unspecified atom stereocenters. The van der Waals surface area contributed by atoms with Crippen LogP contribution >= 0.6 is 0 Å². The molecule has 8 nitrogen and oxygen atoms in total. The van der Waals surface area contributed by atoms with Crippen LogP contribution in [0.5, 0.6) is 5.75 Å². The molecule has 1 saturated carbocycles. The summed E-state index contributed by atoms with van der Waals surface area (Å²) in [6.07, 6.45) is 3.99. The molecule has 2 fully saturated rings. The summed E-state index contributed by atoms with van der Waals surface area (Å²) >= 11 is 0. The number of aromatic carboxylic acids is 1. The fourth-order valence-electron chi connectivity index (χ4n) is 5.23. The number of carbonyl (C=O) groups excluding carboxylic acids is 1. The zero-order chi connectivity index (χ0) is 25.1. The Morgan fingerprint density at radius 1 is 1.03 bits per heavy atom. The number of piperazine rings is 1. The minimum Gasteiger partial charge on any atom is -0.492 e. The lowest BCUT2D eigenvalue weighted by atomic mass is 10.1. The van der Waals surface area contributed by atoms with Crippen LogP contribution in [0.4, 0.5) is 17.2 Å². The van der Waals surface area contributed by atoms with Gasteiger partial charge in [0.25, 0.3) is 0 Å². The molecule has 3 aromatic rings. The highest BCUT2D eigenvalue weighted by atomic mass is 16.5. The number of para-hydroxylation sites is 2. The van der Waals surface area contributed by atoms with Crippen molar-refractivity contribution >= 4 is 40.0 Å². The molecule has 0 spiro atoms. The minimum atomic E-state index is -1.01. The summed E-state index contributed by atoms with van der Waals surface area (Å²) in [5.41, 5.74) is 2.48. The number of rotatable bonds is 7. The average molecular weight is 489 g/mol. The van der Waals surface area contributed by atoms with Crippen LogP contribution in [0.15, 0.2) is 48.5 Å². The number of hydrogen-bond acceptors (Lipinski definition) is 6. The maximum atomic E-state index is 12.6. The zero-order valence-corrected chi connectivity index (χ0v) is 20.6. The summed E-state index contributed by atoms with van der Waals surface area (Å²) in [7, 11) is 0. The molecule has 2 aliphatic rings. The molecular formula is C28H32N4O4. The Hall–Kier alpha value is -3.81. The predicted molar refractivity (Wildman–Crippen MR) is 141 cm³/mol. The summed E-state index contributed by atoms with van der Waals surface area (Å²) in [5, 5.41) is 13.5. The summed E-state index contributed by atoms with van der Waals surface area (Å²) in [6, 6.07) is 15.0. The van der Waals surface area contributed by atoms with Crippen LogP contribution < -0.4 is 19.9 Å². The molecule has 188 valence electrons. The Morgan fingerprint density at radius 2 is 1.75 bits per heavy atom. The molecule has 36 heavy (non-hydrogen) atoms. The third-order valence-corrected chi connectivity index (χ3v) is 7.13. The van der Waals surface area contributed by atoms with Gasteiger partial charge >= 0.3 is 5.97 Å². The van der Waals surface area contributed by atoms with Crippen molar-refractivity contribution in [3.8, 4) is 5.75 Å². The largest absolute Gasteiger partial charge is 0.492 e. The van der Waals surface area contributed by atoms with E-state index in [1.807, 2.05) is 25.1 Å². The molecule has 5 rings (SSSR count). The molecule has 2 heterocycles. The molecule has 2 aromatic carbocycles. The highest BCUT2D eigenvalue weighted by Crippen LogP contribution is 2.31. The molecule has 1 aromatic heterocycles. The second kappa shape index (κ2) is 10.4. The second-order valence-electron chi connectivity index (χ2n) is 9.41. The van der Waals surface area contributed by atoms with Gasteiger partial charge in [-0.25, -0.2) is 9.78 Å². The van der Waals surface area contributed by atoms with Crippen LogP contribution in [0.25, 0.3) is 10.9 Å². The Morgan fingerprint density at radius 3 is 2.47 bits per heavy atom. The maximum absolute atomic E-state index is 12.6. The van der Waals surface area contributed by atoms with Crippen LogP contribution in [-0.4, -0.2) is 54.8 Å². The van der Waals surface area contributed by atoms with Crippen LogP contribution in [0, 0.1) is 5.92 Å². The molecular weight excluding hydrogens is 456 g/mol. The fraction of sp³-hybridized carbons (Fsp3) is 0.393. The second-order valence-corrected chi connectivity index (χ2v) is 9.41. The summed E-state index contributed by atoms with van der Waals surface area (Å²) < 4.78 is 5.80. The topological polar surface area (TPSA) is 95.0 Å². The Labute approximate surface area is 210 Å². The molecule has 1 saturated heterocycles. The highest BCUT2D eigenvalue weighted by Gasteiger charge is 2.24. The third kappa shape index (κ3) is 4.94. The number of carbonyl (C=O) groups is 2. The van der Waals surface area contributed by atoms with Gasteiger partial charge in [-0.05, 0) is 56.2 Å². The van der Waals surface area contributed by atoms with E-state index in [4.69, 9.17) is 9.72 Å². The summed E-state index contributed by atoms with van der Waals surface area (Å²) in [5.74, 6) is 0.574. The molecule has 0 radical (unpaired) electrons. The van der Waals surface area contributed by atoms with E-state index in [2.05, 4.69) is 21.2 Å². The van der Waals surface area contributed by atoms with E-state index < -0.39 is 5.97 Å². The van der Waals surface area contributed by atoms with Crippen molar-refractivity contribution in [3.63, 3.8) is 0 Å². The maximum Gasteiger partial charge on any atom is 0.336 e. The first-order valence-corrected chi connectivity index (χ1v) is 12.7. The van der Waals surface area contributed by atoms with Gasteiger partial charge in [-0.15, -0.1) is 0 Å². The minimum absolute atomic E-state index is 0.0112. The quantitative estimate of drug-likeness (QED) is 0.494. The zero-order valence-electron chi connectivity index (χ0n) is 20.6. The summed E-state index contributed by atoms with van der Waals surface area (Å²) in [4.78, 5) is 33.9. The number of benzene rings is 2. The van der Waals surface area contributed by atoms with Crippen LogP contribution in [-0.2, 0) is 4.79 Å². The number of ether oxygens (including phenoxy) is 1. The Kier molecular flexibility index (Phi) is 6.93. The van der Waals surface area contributed by atoms with Crippen molar-refractivity contribution in [1.82, 2.24) is 4.98 Å². The predicted octanol–water partition coefficient (Wildman–Crippen LogP) is 4.79. The van der Waals surface area contributed by atoms with E-state index in [-0.39, 0.29) is 17.4 Å². The first kappa shape index (κ1) is 23.9. The van der Waals surface area contributed by atoms with Crippen molar-refractivity contribution in [2.45, 2.75) is 32.6 Å². The number of carboxylic acids is 1. The number of fused-ring (bicyclic) bond motifs is 1. The number of anilines is 3. The average Bonchev–Trinajstić information content (AvgIpc) is 3.44. The molecule has 0 atom stereocenters. The van der Waals surface area contributed by atoms with Gasteiger partial charge in [0.05, 0.1) is 23.4 Å². The first-order chi connectivity index (χ1) is 17.5. The Balaban J connectivity index is 1.35. The Bertz CT molecular complexity index is 1260. The normalized spacial score (nSPS) is 16.4. The van der Waals surface area contributed by atoms with E-state index >= 15 is 0 Å². The highest BCUT2D eigenvalue weighted by molar-refractivity contribution is 6.05. The van der Waals surface area contributed by atoms with Crippen molar-refractivity contribution < 1.29 is 19.4 Å². The van der Waals surface area contributed by atoms with Gasteiger partial charge in [-0.2, -0.15) is 0 Å². The van der Waals surface area contributed by atoms with E-state index in [0.29, 0.717) is 42.1 Å². The van der Waals surface area contributed by atoms with Crippen LogP contribution in [0.3, 0.4) is 0 Å². The molecule has 0 bridgehead atoms. The standard InChI is InChI=1S/C28H32N4O4/c1-2-36-25-10-6-5-9-24(25)31-13-15-32(16-14-31)26-18-22(28(34)35)21-17-20(11-12-23(21)30-26)29-27(33)19-7-3-4-8-19/h5-6,9-12,17-19H,2-4,7-8,13-16H2,1H3,(H,29,33)(H,34,35). The van der Waals surface area contributed by atoms with Crippen molar-refractivity contribution in [2.24, 2.45) is 5.92 Å². The monoisotopic (exact) mass is 488 g/mol. The first-order valence-electron chi connectivity index (χ1n) is 12.7. The lowest BCUT2D eigenvalue weighted by Gasteiger charge is -2.37. The fourth-order valence-corrected chi connectivity index (χ4v) is 5.23. The lowest BCUT2D eigenvalue weighted by molar-refractivity contribution is -0.119. The van der Waals surface area contributed by atoms with Gasteiger partial charge in [0.1, 0.15) is 11.6 Å². The molecule has 1 amide bonds. The number of aromatic nitrogens is 1. The molecule has 1 aliphatic heterocycles. The number of hydrogen-bond donors (Lipinski definition) is 2. The number of nitrogens with zero attached hydrogens (tertiary/aromatic N) is 3. The SMILES string of the molecule is CCOc1ccccc1N1CCN(c2cc(C(=O)O)c3cc(NC(=O)C4CCCC4)ccc3n2)CC1. The van der Waals surface area contributed by atoms with Crippen molar-refractivity contribution in [1.29, 1.82) is 0 Å². The van der Waals surface area contributed by atoms with Crippen LogP contribution in [0.1, 0.15) is 43.0 Å². The van der Waals surface area contributed by atoms with Gasteiger partial charge < -0.3 is 25.0 Å². The van der Waals surface area contributed by atoms with Gasteiger partial charge in [-0.3, -0.25) is 4.79 Å². The number of nitrogens with one attached hydrogen (secondary N) is 1. The van der Waals surface area contributed by atoms with Crippen molar-refractivity contribution in [3.05, 3.63) is 54.1 Å². The summed E-state index contributed by atoms with van der Waals surface area (Å²) in [6.45, 7) is 5.58. The lowest BCUT2D eigenvalue weighted by Crippen LogP contribution is -2.47. The third-order valence-electron chi connectivity index (χ3n) is 7.13. The van der Waals surface area contributed by atoms with Crippen molar-refractivity contribution in [2.75, 3.05) is 47.9 Å². The van der Waals surface area contributed by atoms with Gasteiger partial charge in [-0.1, -0.05) is 25.0 Å². The van der Waals surface area contributed by atoms with Gasteiger partial charge in [0.2, 0.25) is 5.91 Å². The molecule has 8 heteroatoms. The van der Waals surface area contributed by atoms with Gasteiger partial charge in [0.15, 0.2) is 0 Å². The van der Waals surface area contributed by atoms with E-state index in [1.165, 1.54) is 0 Å². The number of amides is 1. The van der Waals surface area contributed by atoms with Crippen LogP contribution in [0.2, 0.25) is 0 Å². The molecule has 1 aliphatic carbocycles. The van der Waals surface area contributed by atoms with E-state index in [1.54, 1.807) is 24.3 Å². The number of pyridine rings is 1. The van der Waals surface area contributed by atoms with E-state index in [0.717, 1.165) is 50.2 Å². The number of carboxylic acid groups (broad SMARTS) is 1. The smallest absolute Gasteiger partial charge is 0.336 e. The van der Waals surface area contributed by atoms with Gasteiger partial charge in [0, 0.05) is 43.2 Å². The van der Waals surface area contributed by atoms with E-state index in [9.17, 15) is 14.7 Å².